The van der Waals surface area contributed by atoms with Crippen LogP contribution in [0.3, 0.4) is 0 Å². The van der Waals surface area contributed by atoms with Crippen LogP contribution in [0.4, 0.5) is 0 Å². The van der Waals surface area contributed by atoms with Gasteiger partial charge in [-0.05, 0) is 58.3 Å². The van der Waals surface area contributed by atoms with Crippen molar-refractivity contribution in [3.05, 3.63) is 19.2 Å². The zero-order valence-electron chi connectivity index (χ0n) is 10.6. The minimum absolute atomic E-state index is 0.668. The van der Waals surface area contributed by atoms with E-state index in [0.29, 0.717) is 6.04 Å². The number of hydrogen-bond donors (Lipinski definition) is 1. The maximum absolute atomic E-state index is 3.51. The van der Waals surface area contributed by atoms with Crippen molar-refractivity contribution in [3.63, 3.8) is 0 Å². The Hall–Kier alpha value is 0.580. The summed E-state index contributed by atoms with van der Waals surface area (Å²) in [7, 11) is 2.19. The molecular weight excluding hydrogens is 364 g/mol. The van der Waals surface area contributed by atoms with Gasteiger partial charge in [-0.25, -0.2) is 0 Å². The molecule has 0 saturated heterocycles. The van der Waals surface area contributed by atoms with E-state index in [1.165, 1.54) is 15.1 Å². The van der Waals surface area contributed by atoms with E-state index < -0.39 is 0 Å². The maximum atomic E-state index is 3.51. The minimum Gasteiger partial charge on any atom is -0.311 e. The summed E-state index contributed by atoms with van der Waals surface area (Å²) in [5, 5.41) is 3.48. The van der Waals surface area contributed by atoms with Gasteiger partial charge in [-0.3, -0.25) is 0 Å². The topological polar surface area (TPSA) is 15.3 Å². The van der Waals surface area contributed by atoms with Gasteiger partial charge in [-0.15, -0.1) is 11.3 Å². The summed E-state index contributed by atoms with van der Waals surface area (Å²) < 4.78 is 2.32. The fourth-order valence-corrected chi connectivity index (χ4v) is 3.62. The number of rotatable bonds is 7. The van der Waals surface area contributed by atoms with Crippen molar-refractivity contribution in [1.29, 1.82) is 0 Å². The predicted octanol–water partition coefficient (Wildman–Crippen LogP) is 4.09. The van der Waals surface area contributed by atoms with Gasteiger partial charge < -0.3 is 10.2 Å². The Labute approximate surface area is 125 Å². The first-order valence-electron chi connectivity index (χ1n) is 5.89. The van der Waals surface area contributed by atoms with Crippen molar-refractivity contribution in [1.82, 2.24) is 10.2 Å². The largest absolute Gasteiger partial charge is 0.311 e. The molecule has 1 rings (SSSR count). The molecule has 1 atom stereocenters. The first kappa shape index (κ1) is 15.6. The summed E-state index contributed by atoms with van der Waals surface area (Å²) in [6, 6.07) is 2.84. The molecule has 0 aliphatic rings. The van der Waals surface area contributed by atoms with E-state index in [4.69, 9.17) is 0 Å². The molecule has 5 heteroatoms. The molecular formula is C12H20Br2N2S. The third kappa shape index (κ3) is 5.39. The summed E-state index contributed by atoms with van der Waals surface area (Å²) in [5.41, 5.74) is 0. The van der Waals surface area contributed by atoms with E-state index in [-0.39, 0.29) is 0 Å². The second kappa shape index (κ2) is 7.89. The Kier molecular flexibility index (Phi) is 7.26. The molecule has 0 fully saturated rings. The van der Waals surface area contributed by atoms with Crippen molar-refractivity contribution in [2.75, 3.05) is 20.1 Å². The van der Waals surface area contributed by atoms with Crippen LogP contribution in [-0.4, -0.2) is 31.1 Å². The second-order valence-electron chi connectivity index (χ2n) is 4.25. The molecule has 98 valence electrons. The van der Waals surface area contributed by atoms with Crippen LogP contribution in [0.1, 0.15) is 25.1 Å². The Morgan fingerprint density at radius 2 is 2.18 bits per heavy atom. The molecule has 0 aliphatic carbocycles. The summed E-state index contributed by atoms with van der Waals surface area (Å²) >= 11 is 8.79. The summed E-state index contributed by atoms with van der Waals surface area (Å²) in [4.78, 5) is 3.75. The molecule has 1 aromatic heterocycles. The monoisotopic (exact) mass is 382 g/mol. The lowest BCUT2D eigenvalue weighted by Crippen LogP contribution is -2.34. The lowest BCUT2D eigenvalue weighted by molar-refractivity contribution is 0.252. The molecule has 1 unspecified atom stereocenters. The van der Waals surface area contributed by atoms with Crippen molar-refractivity contribution in [3.8, 4) is 0 Å². The molecule has 2 nitrogen and oxygen atoms in total. The number of nitrogens with one attached hydrogen (secondary N) is 1. The van der Waals surface area contributed by atoms with E-state index >= 15 is 0 Å². The molecule has 0 saturated carbocycles. The van der Waals surface area contributed by atoms with Gasteiger partial charge in [0, 0.05) is 35.0 Å². The first-order chi connectivity index (χ1) is 8.04. The van der Waals surface area contributed by atoms with Crippen molar-refractivity contribution in [2.45, 2.75) is 32.9 Å². The highest BCUT2D eigenvalue weighted by molar-refractivity contribution is 9.13. The van der Waals surface area contributed by atoms with Crippen LogP contribution in [0.2, 0.25) is 0 Å². The minimum atomic E-state index is 0.668. The van der Waals surface area contributed by atoms with Gasteiger partial charge >= 0.3 is 0 Å². The quantitative estimate of drug-likeness (QED) is 0.713. The Morgan fingerprint density at radius 1 is 1.47 bits per heavy atom. The van der Waals surface area contributed by atoms with Crippen LogP contribution in [-0.2, 0) is 6.54 Å². The Bertz CT molecular complexity index is 322. The molecule has 1 N–H and O–H groups in total. The predicted molar refractivity (Wildman–Crippen MR) is 83.8 cm³/mol. The van der Waals surface area contributed by atoms with Crippen LogP contribution in [0.25, 0.3) is 0 Å². The Morgan fingerprint density at radius 3 is 2.71 bits per heavy atom. The lowest BCUT2D eigenvalue weighted by Gasteiger charge is -2.23. The third-order valence-corrected chi connectivity index (χ3v) is 6.24. The summed E-state index contributed by atoms with van der Waals surface area (Å²) in [5.74, 6) is 0. The average molecular weight is 384 g/mol. The molecule has 0 amide bonds. The van der Waals surface area contributed by atoms with Gasteiger partial charge in [0.25, 0.3) is 0 Å². The molecule has 0 aliphatic heterocycles. The SMILES string of the molecule is CCC(C)N(C)CCNCc1cc(Br)c(Br)s1. The van der Waals surface area contributed by atoms with E-state index in [1.54, 1.807) is 11.3 Å². The van der Waals surface area contributed by atoms with Gasteiger partial charge in [0.1, 0.15) is 0 Å². The van der Waals surface area contributed by atoms with E-state index in [0.717, 1.165) is 24.1 Å². The molecule has 0 aromatic carbocycles. The average Bonchev–Trinajstić information content (AvgIpc) is 2.63. The zero-order valence-corrected chi connectivity index (χ0v) is 14.6. The van der Waals surface area contributed by atoms with Crippen LogP contribution >= 0.6 is 43.2 Å². The highest BCUT2D eigenvalue weighted by Gasteiger charge is 2.06. The zero-order chi connectivity index (χ0) is 12.8. The molecule has 0 spiro atoms. The maximum Gasteiger partial charge on any atom is 0.0843 e. The number of likely N-dealkylation sites (N-methyl/N-ethyl adjacent to an activating group) is 1. The number of thiophene rings is 1. The lowest BCUT2D eigenvalue weighted by atomic mass is 10.2. The highest BCUT2D eigenvalue weighted by Crippen LogP contribution is 2.32. The fourth-order valence-electron chi connectivity index (χ4n) is 1.48. The van der Waals surface area contributed by atoms with Gasteiger partial charge in [0.2, 0.25) is 0 Å². The molecule has 0 bridgehead atoms. The number of halogens is 2. The van der Waals surface area contributed by atoms with Crippen LogP contribution in [0.15, 0.2) is 14.3 Å². The number of nitrogens with zero attached hydrogens (tertiary/aromatic N) is 1. The van der Waals surface area contributed by atoms with Crippen molar-refractivity contribution < 1.29 is 0 Å². The van der Waals surface area contributed by atoms with Crippen molar-refractivity contribution >= 4 is 43.2 Å². The first-order valence-corrected chi connectivity index (χ1v) is 8.29. The van der Waals surface area contributed by atoms with Crippen LogP contribution < -0.4 is 5.32 Å². The summed E-state index contributed by atoms with van der Waals surface area (Å²) in [6.07, 6.45) is 1.21. The Balaban J connectivity index is 2.20. The van der Waals surface area contributed by atoms with Crippen LogP contribution in [0.5, 0.6) is 0 Å². The number of hydrogen-bond acceptors (Lipinski definition) is 3. The van der Waals surface area contributed by atoms with E-state index in [2.05, 4.69) is 69.0 Å². The van der Waals surface area contributed by atoms with Gasteiger partial charge in [-0.1, -0.05) is 6.92 Å². The molecule has 17 heavy (non-hydrogen) atoms. The van der Waals surface area contributed by atoms with Gasteiger partial charge in [-0.2, -0.15) is 0 Å². The molecule has 1 aromatic rings. The molecule has 0 radical (unpaired) electrons. The normalized spacial score (nSPS) is 13.3. The van der Waals surface area contributed by atoms with Crippen molar-refractivity contribution in [2.24, 2.45) is 0 Å². The van der Waals surface area contributed by atoms with Crippen LogP contribution in [0, 0.1) is 0 Å². The van der Waals surface area contributed by atoms with E-state index in [9.17, 15) is 0 Å². The highest BCUT2D eigenvalue weighted by atomic mass is 79.9. The fraction of sp³-hybridized carbons (Fsp3) is 0.667. The summed E-state index contributed by atoms with van der Waals surface area (Å²) in [6.45, 7) is 7.59. The smallest absolute Gasteiger partial charge is 0.0843 e. The standard InChI is InChI=1S/C12H20Br2N2S/c1-4-9(2)16(3)6-5-15-8-10-7-11(13)12(14)17-10/h7,9,15H,4-6,8H2,1-3H3. The van der Waals surface area contributed by atoms with Gasteiger partial charge in [0.05, 0.1) is 3.79 Å². The van der Waals surface area contributed by atoms with Gasteiger partial charge in [0.15, 0.2) is 0 Å². The molecule has 1 heterocycles. The second-order valence-corrected chi connectivity index (χ2v) is 7.56. The van der Waals surface area contributed by atoms with E-state index in [1.807, 2.05) is 0 Å². The third-order valence-electron chi connectivity index (χ3n) is 2.98.